The number of nitrogens with one attached hydrogen (secondary N) is 2. The summed E-state index contributed by atoms with van der Waals surface area (Å²) in [6.07, 6.45) is 2.02. The van der Waals surface area contributed by atoms with E-state index in [0.717, 1.165) is 25.9 Å². The van der Waals surface area contributed by atoms with Gasteiger partial charge in [0.2, 0.25) is 0 Å². The molecular weight excluding hydrogens is 228 g/mol. The number of methoxy groups -OCH3 is 1. The molecule has 2 N–H and O–H groups in total. The number of carbonyl (C=O) groups excluding carboxylic acids is 1. The lowest BCUT2D eigenvalue weighted by Crippen LogP contribution is -2.63. The number of rotatable bonds is 1. The Balaban J connectivity index is 2.31. The summed E-state index contributed by atoms with van der Waals surface area (Å²) in [5.74, 6) is -0.0725. The molecule has 2 saturated heterocycles. The van der Waals surface area contributed by atoms with E-state index in [4.69, 9.17) is 4.74 Å². The summed E-state index contributed by atoms with van der Waals surface area (Å²) in [6.45, 7) is 10.6. The van der Waals surface area contributed by atoms with Gasteiger partial charge in [-0.25, -0.2) is 0 Å². The van der Waals surface area contributed by atoms with Gasteiger partial charge < -0.3 is 15.4 Å². The molecule has 2 rings (SSSR count). The van der Waals surface area contributed by atoms with Crippen molar-refractivity contribution >= 4 is 5.97 Å². The van der Waals surface area contributed by atoms with Crippen LogP contribution in [-0.2, 0) is 9.53 Å². The molecule has 0 aliphatic carbocycles. The number of carbonyl (C=O) groups is 1. The van der Waals surface area contributed by atoms with Crippen molar-refractivity contribution in [2.24, 2.45) is 11.3 Å². The van der Waals surface area contributed by atoms with Crippen LogP contribution in [-0.4, -0.2) is 37.2 Å². The quantitative estimate of drug-likeness (QED) is 0.693. The van der Waals surface area contributed by atoms with Gasteiger partial charge in [-0.1, -0.05) is 0 Å². The first-order valence-electron chi connectivity index (χ1n) is 6.78. The molecule has 0 aromatic carbocycles. The Kier molecular flexibility index (Phi) is 3.23. The van der Waals surface area contributed by atoms with E-state index in [1.807, 2.05) is 0 Å². The first kappa shape index (κ1) is 13.8. The Morgan fingerprint density at radius 2 is 1.72 bits per heavy atom. The standard InChI is InChI=1S/C14H26N2O2/c1-12(2)7-14(8-13(3,4)16-12)9-15-6-10(14)11(17)18-5/h10,15-16H,6-9H2,1-5H3. The van der Waals surface area contributed by atoms with E-state index in [0.29, 0.717) is 0 Å². The van der Waals surface area contributed by atoms with E-state index in [-0.39, 0.29) is 28.4 Å². The van der Waals surface area contributed by atoms with E-state index in [9.17, 15) is 4.79 Å². The van der Waals surface area contributed by atoms with Crippen LogP contribution >= 0.6 is 0 Å². The topological polar surface area (TPSA) is 50.4 Å². The van der Waals surface area contributed by atoms with E-state index >= 15 is 0 Å². The molecular formula is C14H26N2O2. The zero-order valence-electron chi connectivity index (χ0n) is 12.2. The van der Waals surface area contributed by atoms with Gasteiger partial charge in [-0.3, -0.25) is 4.79 Å². The molecule has 1 atom stereocenters. The monoisotopic (exact) mass is 254 g/mol. The van der Waals surface area contributed by atoms with Gasteiger partial charge in [0.05, 0.1) is 13.0 Å². The van der Waals surface area contributed by atoms with Crippen LogP contribution in [0.25, 0.3) is 0 Å². The number of ether oxygens (including phenoxy) is 1. The summed E-state index contributed by atoms with van der Waals surface area (Å²) in [4.78, 5) is 12.0. The minimum atomic E-state index is -0.0616. The molecule has 18 heavy (non-hydrogen) atoms. The Labute approximate surface area is 110 Å². The molecule has 4 heteroatoms. The third kappa shape index (κ3) is 2.41. The predicted octanol–water partition coefficient (Wildman–Crippen LogP) is 1.31. The zero-order valence-corrected chi connectivity index (χ0v) is 12.2. The van der Waals surface area contributed by atoms with Crippen LogP contribution in [0.1, 0.15) is 40.5 Å². The molecule has 0 radical (unpaired) electrons. The second kappa shape index (κ2) is 4.20. The summed E-state index contributed by atoms with van der Waals surface area (Å²) in [5.41, 5.74) is 0.144. The van der Waals surface area contributed by atoms with Crippen molar-refractivity contribution < 1.29 is 9.53 Å². The fraction of sp³-hybridized carbons (Fsp3) is 0.929. The van der Waals surface area contributed by atoms with Crippen LogP contribution in [0, 0.1) is 11.3 Å². The molecule has 2 fully saturated rings. The Bertz CT molecular complexity index is 334. The number of piperidine rings is 1. The molecule has 0 amide bonds. The van der Waals surface area contributed by atoms with Crippen LogP contribution in [0.4, 0.5) is 0 Å². The molecule has 1 spiro atoms. The Morgan fingerprint density at radius 1 is 1.17 bits per heavy atom. The first-order chi connectivity index (χ1) is 8.20. The molecule has 0 bridgehead atoms. The second-order valence-corrected chi connectivity index (χ2v) is 7.32. The average molecular weight is 254 g/mol. The van der Waals surface area contributed by atoms with Crippen molar-refractivity contribution in [1.82, 2.24) is 10.6 Å². The van der Waals surface area contributed by atoms with Crippen molar-refractivity contribution in [3.05, 3.63) is 0 Å². The summed E-state index contributed by atoms with van der Waals surface area (Å²) in [6, 6.07) is 0. The van der Waals surface area contributed by atoms with E-state index in [2.05, 4.69) is 38.3 Å². The van der Waals surface area contributed by atoms with Gasteiger partial charge in [0.15, 0.2) is 0 Å². The third-order valence-electron chi connectivity index (χ3n) is 4.32. The van der Waals surface area contributed by atoms with Gasteiger partial charge >= 0.3 is 5.97 Å². The van der Waals surface area contributed by atoms with Crippen molar-refractivity contribution in [2.45, 2.75) is 51.6 Å². The average Bonchev–Trinajstić information content (AvgIpc) is 2.54. The third-order valence-corrected chi connectivity index (χ3v) is 4.32. The van der Waals surface area contributed by atoms with Crippen LogP contribution < -0.4 is 10.6 Å². The number of hydrogen-bond acceptors (Lipinski definition) is 4. The highest BCUT2D eigenvalue weighted by molar-refractivity contribution is 5.74. The van der Waals surface area contributed by atoms with Gasteiger partial charge in [-0.15, -0.1) is 0 Å². The lowest BCUT2D eigenvalue weighted by atomic mass is 9.61. The maximum absolute atomic E-state index is 12.0. The smallest absolute Gasteiger partial charge is 0.310 e. The first-order valence-corrected chi connectivity index (χ1v) is 6.78. The predicted molar refractivity (Wildman–Crippen MR) is 71.3 cm³/mol. The summed E-state index contributed by atoms with van der Waals surface area (Å²) >= 11 is 0. The highest BCUT2D eigenvalue weighted by Gasteiger charge is 2.55. The molecule has 1 unspecified atom stereocenters. The van der Waals surface area contributed by atoms with Gasteiger partial charge in [0.25, 0.3) is 0 Å². The highest BCUT2D eigenvalue weighted by Crippen LogP contribution is 2.49. The zero-order chi connectivity index (χ0) is 13.6. The largest absolute Gasteiger partial charge is 0.469 e. The Hall–Kier alpha value is -0.610. The summed E-state index contributed by atoms with van der Waals surface area (Å²) in [7, 11) is 1.49. The Morgan fingerprint density at radius 3 is 2.22 bits per heavy atom. The highest BCUT2D eigenvalue weighted by atomic mass is 16.5. The lowest BCUT2D eigenvalue weighted by molar-refractivity contribution is -0.150. The van der Waals surface area contributed by atoms with Gasteiger partial charge in [-0.05, 0) is 40.5 Å². The van der Waals surface area contributed by atoms with Crippen LogP contribution in [0.5, 0.6) is 0 Å². The van der Waals surface area contributed by atoms with Crippen LogP contribution in [0.2, 0.25) is 0 Å². The van der Waals surface area contributed by atoms with Crippen molar-refractivity contribution in [2.75, 3.05) is 20.2 Å². The van der Waals surface area contributed by atoms with Gasteiger partial charge in [-0.2, -0.15) is 0 Å². The van der Waals surface area contributed by atoms with E-state index in [1.54, 1.807) is 0 Å². The van der Waals surface area contributed by atoms with Crippen molar-refractivity contribution in [3.8, 4) is 0 Å². The van der Waals surface area contributed by atoms with Crippen molar-refractivity contribution in [3.63, 3.8) is 0 Å². The molecule has 0 saturated carbocycles. The molecule has 2 aliphatic heterocycles. The maximum Gasteiger partial charge on any atom is 0.310 e. The van der Waals surface area contributed by atoms with Crippen LogP contribution in [0.15, 0.2) is 0 Å². The molecule has 104 valence electrons. The molecule has 0 aromatic heterocycles. The number of hydrogen-bond donors (Lipinski definition) is 2. The molecule has 2 aliphatic rings. The maximum atomic E-state index is 12.0. The van der Waals surface area contributed by atoms with Crippen molar-refractivity contribution in [1.29, 1.82) is 0 Å². The summed E-state index contributed by atoms with van der Waals surface area (Å²) in [5, 5.41) is 7.08. The number of esters is 1. The lowest BCUT2D eigenvalue weighted by Gasteiger charge is -2.53. The second-order valence-electron chi connectivity index (χ2n) is 7.32. The molecule has 4 nitrogen and oxygen atoms in total. The minimum Gasteiger partial charge on any atom is -0.469 e. The summed E-state index contributed by atoms with van der Waals surface area (Å²) < 4.78 is 5.00. The molecule has 2 heterocycles. The van der Waals surface area contributed by atoms with E-state index < -0.39 is 0 Å². The van der Waals surface area contributed by atoms with Gasteiger partial charge in [0.1, 0.15) is 0 Å². The molecule has 0 aromatic rings. The van der Waals surface area contributed by atoms with Crippen LogP contribution in [0.3, 0.4) is 0 Å². The fourth-order valence-electron chi connectivity index (χ4n) is 4.48. The minimum absolute atomic E-state index is 0.0110. The van der Waals surface area contributed by atoms with E-state index in [1.165, 1.54) is 7.11 Å². The normalized spacial score (nSPS) is 32.4. The SMILES string of the molecule is COC(=O)C1CNCC12CC(C)(C)NC(C)(C)C2. The van der Waals surface area contributed by atoms with Gasteiger partial charge in [0, 0.05) is 29.6 Å². The fourth-order valence-corrected chi connectivity index (χ4v) is 4.48.